The van der Waals surface area contributed by atoms with E-state index in [1.807, 2.05) is 18.2 Å². The lowest BCUT2D eigenvalue weighted by molar-refractivity contribution is -0.385. The minimum absolute atomic E-state index is 0.0357. The number of fused-ring (bicyclic) bond motifs is 1. The molecule has 31 heavy (non-hydrogen) atoms. The molecule has 0 atom stereocenters. The van der Waals surface area contributed by atoms with E-state index in [1.165, 1.54) is 37.8 Å². The number of aromatic nitrogens is 2. The zero-order chi connectivity index (χ0) is 21.8. The minimum Gasteiger partial charge on any atom is -0.327 e. The topological polar surface area (TPSA) is 93.3 Å². The second-order valence-corrected chi connectivity index (χ2v) is 7.89. The molecule has 3 aromatic rings. The van der Waals surface area contributed by atoms with Crippen molar-refractivity contribution in [1.82, 2.24) is 14.5 Å². The Morgan fingerprint density at radius 2 is 1.87 bits per heavy atom. The van der Waals surface area contributed by atoms with Gasteiger partial charge in [-0.05, 0) is 57.1 Å². The molecule has 2 aromatic carbocycles. The van der Waals surface area contributed by atoms with Crippen LogP contribution in [0.25, 0.3) is 11.0 Å². The van der Waals surface area contributed by atoms with Gasteiger partial charge in [0, 0.05) is 18.3 Å². The number of nitro groups is 1. The Morgan fingerprint density at radius 1 is 1.13 bits per heavy atom. The number of benzene rings is 2. The summed E-state index contributed by atoms with van der Waals surface area (Å²) in [5, 5.41) is 14.0. The summed E-state index contributed by atoms with van der Waals surface area (Å²) in [6, 6.07) is 11.5. The van der Waals surface area contributed by atoms with Gasteiger partial charge in [0.2, 0.25) is 0 Å². The number of carbonyl (C=O) groups is 1. The van der Waals surface area contributed by atoms with E-state index in [4.69, 9.17) is 4.98 Å². The number of rotatable bonds is 6. The van der Waals surface area contributed by atoms with Crippen LogP contribution in [0.4, 0.5) is 11.4 Å². The van der Waals surface area contributed by atoms with E-state index in [0.717, 1.165) is 43.0 Å². The molecule has 0 saturated carbocycles. The SMILES string of the molecule is CCn1c(CN2CCCCCC2)nc2cc(NC(=O)c3ccccc3[N+](=O)[O-])ccc21. The molecule has 1 fully saturated rings. The smallest absolute Gasteiger partial charge is 0.282 e. The van der Waals surface area contributed by atoms with Crippen molar-refractivity contribution in [2.24, 2.45) is 0 Å². The molecule has 8 heteroatoms. The molecule has 0 radical (unpaired) electrons. The number of likely N-dealkylation sites (tertiary alicyclic amines) is 1. The number of nitrogens with zero attached hydrogens (tertiary/aromatic N) is 4. The van der Waals surface area contributed by atoms with Crippen LogP contribution in [-0.2, 0) is 13.1 Å². The van der Waals surface area contributed by atoms with Crippen molar-refractivity contribution >= 4 is 28.3 Å². The summed E-state index contributed by atoms with van der Waals surface area (Å²) in [4.78, 5) is 30.7. The van der Waals surface area contributed by atoms with E-state index in [-0.39, 0.29) is 11.3 Å². The van der Waals surface area contributed by atoms with Crippen molar-refractivity contribution in [3.05, 3.63) is 64.0 Å². The second-order valence-electron chi connectivity index (χ2n) is 7.89. The first-order chi connectivity index (χ1) is 15.1. The summed E-state index contributed by atoms with van der Waals surface area (Å²) in [5.74, 6) is 0.521. The standard InChI is InChI=1S/C23H27N5O3/c1-2-27-21-12-11-17(24-23(29)18-9-5-6-10-20(18)28(30)31)15-19(21)25-22(27)16-26-13-7-3-4-8-14-26/h5-6,9-12,15H,2-4,7-8,13-14,16H2,1H3,(H,24,29). The number of nitrogens with one attached hydrogen (secondary N) is 1. The van der Waals surface area contributed by atoms with Crippen LogP contribution in [0.3, 0.4) is 0 Å². The highest BCUT2D eigenvalue weighted by molar-refractivity contribution is 6.07. The summed E-state index contributed by atoms with van der Waals surface area (Å²) in [6.07, 6.45) is 5.05. The summed E-state index contributed by atoms with van der Waals surface area (Å²) >= 11 is 0. The number of imidazole rings is 1. The van der Waals surface area contributed by atoms with Crippen molar-refractivity contribution in [3.8, 4) is 0 Å². The molecule has 2 heterocycles. The summed E-state index contributed by atoms with van der Waals surface area (Å²) in [6.45, 7) is 5.95. The fourth-order valence-corrected chi connectivity index (χ4v) is 4.25. The highest BCUT2D eigenvalue weighted by Crippen LogP contribution is 2.24. The van der Waals surface area contributed by atoms with Gasteiger partial charge in [-0.25, -0.2) is 4.98 Å². The predicted molar refractivity (Wildman–Crippen MR) is 120 cm³/mol. The van der Waals surface area contributed by atoms with Crippen molar-refractivity contribution in [2.75, 3.05) is 18.4 Å². The van der Waals surface area contributed by atoms with E-state index in [2.05, 4.69) is 21.7 Å². The van der Waals surface area contributed by atoms with Crippen LogP contribution >= 0.6 is 0 Å². The van der Waals surface area contributed by atoms with Crippen LogP contribution in [0.15, 0.2) is 42.5 Å². The first-order valence-corrected chi connectivity index (χ1v) is 10.8. The van der Waals surface area contributed by atoms with Gasteiger partial charge in [0.25, 0.3) is 11.6 Å². The maximum atomic E-state index is 12.7. The number of anilines is 1. The van der Waals surface area contributed by atoms with E-state index in [1.54, 1.807) is 12.1 Å². The lowest BCUT2D eigenvalue weighted by atomic mass is 10.1. The molecule has 1 aliphatic rings. The largest absolute Gasteiger partial charge is 0.327 e. The van der Waals surface area contributed by atoms with Crippen molar-refractivity contribution < 1.29 is 9.72 Å². The summed E-state index contributed by atoms with van der Waals surface area (Å²) in [5.41, 5.74) is 2.23. The normalized spacial score (nSPS) is 15.0. The molecular formula is C23H27N5O3. The molecule has 1 amide bonds. The number of carbonyl (C=O) groups excluding carboxylic acids is 1. The van der Waals surface area contributed by atoms with Gasteiger partial charge < -0.3 is 9.88 Å². The first kappa shape index (κ1) is 21.0. The molecule has 1 N–H and O–H groups in total. The molecule has 0 bridgehead atoms. The van der Waals surface area contributed by atoms with Gasteiger partial charge >= 0.3 is 0 Å². The Morgan fingerprint density at radius 3 is 2.58 bits per heavy atom. The maximum absolute atomic E-state index is 12.7. The van der Waals surface area contributed by atoms with E-state index in [9.17, 15) is 14.9 Å². The molecule has 162 valence electrons. The Hall–Kier alpha value is -3.26. The zero-order valence-electron chi connectivity index (χ0n) is 17.7. The molecule has 0 aliphatic carbocycles. The van der Waals surface area contributed by atoms with E-state index in [0.29, 0.717) is 5.69 Å². The van der Waals surface area contributed by atoms with Gasteiger partial charge in [-0.2, -0.15) is 0 Å². The maximum Gasteiger partial charge on any atom is 0.282 e. The number of aryl methyl sites for hydroxylation is 1. The average Bonchev–Trinajstić information content (AvgIpc) is 2.91. The van der Waals surface area contributed by atoms with Crippen LogP contribution in [-0.4, -0.2) is 38.4 Å². The van der Waals surface area contributed by atoms with Gasteiger partial charge in [0.05, 0.1) is 22.5 Å². The Bertz CT molecular complexity index is 1100. The third-order valence-electron chi connectivity index (χ3n) is 5.81. The van der Waals surface area contributed by atoms with E-state index >= 15 is 0 Å². The second kappa shape index (κ2) is 9.26. The lowest BCUT2D eigenvalue weighted by Crippen LogP contribution is -2.25. The molecule has 8 nitrogen and oxygen atoms in total. The average molecular weight is 422 g/mol. The number of para-hydroxylation sites is 1. The van der Waals surface area contributed by atoms with Crippen LogP contribution in [0.2, 0.25) is 0 Å². The van der Waals surface area contributed by atoms with Crippen LogP contribution in [0, 0.1) is 10.1 Å². The molecule has 1 aromatic heterocycles. The van der Waals surface area contributed by atoms with Gasteiger partial charge in [-0.1, -0.05) is 25.0 Å². The molecular weight excluding hydrogens is 394 g/mol. The molecule has 1 aliphatic heterocycles. The van der Waals surface area contributed by atoms with Crippen LogP contribution < -0.4 is 5.32 Å². The molecule has 1 saturated heterocycles. The third-order valence-corrected chi connectivity index (χ3v) is 5.81. The number of hydrogen-bond donors (Lipinski definition) is 1. The third kappa shape index (κ3) is 4.59. The highest BCUT2D eigenvalue weighted by atomic mass is 16.6. The van der Waals surface area contributed by atoms with Crippen molar-refractivity contribution in [3.63, 3.8) is 0 Å². The molecule has 0 spiro atoms. The number of hydrogen-bond acceptors (Lipinski definition) is 5. The fraction of sp³-hybridized carbons (Fsp3) is 0.391. The van der Waals surface area contributed by atoms with Crippen LogP contribution in [0.5, 0.6) is 0 Å². The quantitative estimate of drug-likeness (QED) is 0.464. The van der Waals surface area contributed by atoms with Crippen molar-refractivity contribution in [2.45, 2.75) is 45.7 Å². The van der Waals surface area contributed by atoms with Gasteiger partial charge in [0.15, 0.2) is 0 Å². The van der Waals surface area contributed by atoms with Crippen LogP contribution in [0.1, 0.15) is 48.8 Å². The highest BCUT2D eigenvalue weighted by Gasteiger charge is 2.20. The first-order valence-electron chi connectivity index (χ1n) is 10.8. The Labute approximate surface area is 181 Å². The van der Waals surface area contributed by atoms with E-state index < -0.39 is 10.8 Å². The lowest BCUT2D eigenvalue weighted by Gasteiger charge is -2.19. The van der Waals surface area contributed by atoms with Gasteiger partial charge in [-0.3, -0.25) is 19.8 Å². The number of nitro benzene ring substituents is 1. The molecule has 4 rings (SSSR count). The Balaban J connectivity index is 1.58. The Kier molecular flexibility index (Phi) is 6.27. The predicted octanol–water partition coefficient (Wildman–Crippen LogP) is 4.59. The van der Waals surface area contributed by atoms with Gasteiger partial charge in [-0.15, -0.1) is 0 Å². The monoisotopic (exact) mass is 421 g/mol. The minimum atomic E-state index is -0.545. The number of amides is 1. The summed E-state index contributed by atoms with van der Waals surface area (Å²) in [7, 11) is 0. The summed E-state index contributed by atoms with van der Waals surface area (Å²) < 4.78 is 2.22. The molecule has 0 unspecified atom stereocenters. The van der Waals surface area contributed by atoms with Gasteiger partial charge in [0.1, 0.15) is 11.4 Å². The fourth-order valence-electron chi connectivity index (χ4n) is 4.25. The van der Waals surface area contributed by atoms with Crippen molar-refractivity contribution in [1.29, 1.82) is 0 Å². The zero-order valence-corrected chi connectivity index (χ0v) is 17.7.